The Labute approximate surface area is 122 Å². The third-order valence-corrected chi connectivity index (χ3v) is 3.24. The fraction of sp³-hybridized carbons (Fsp3) is 0.214. The van der Waals surface area contributed by atoms with E-state index in [-0.39, 0.29) is 11.4 Å². The van der Waals surface area contributed by atoms with Crippen LogP contribution in [0.2, 0.25) is 5.02 Å². The number of hydrogen-bond donors (Lipinski definition) is 1. The number of aromatic nitrogens is 2. The summed E-state index contributed by atoms with van der Waals surface area (Å²) in [5.41, 5.74) is 1.95. The van der Waals surface area contributed by atoms with Gasteiger partial charge in [-0.05, 0) is 18.7 Å². The Morgan fingerprint density at radius 2 is 2.15 bits per heavy atom. The Hall–Kier alpha value is -2.34. The summed E-state index contributed by atoms with van der Waals surface area (Å²) >= 11 is 6.23. The lowest BCUT2D eigenvalue weighted by atomic mass is 10.1. The minimum Gasteiger partial charge on any atom is -0.313 e. The first-order valence-electron chi connectivity index (χ1n) is 6.09. The van der Waals surface area contributed by atoms with Crippen molar-refractivity contribution < 1.29 is 0 Å². The van der Waals surface area contributed by atoms with Crippen LogP contribution < -0.4 is 5.32 Å². The van der Waals surface area contributed by atoms with Crippen LogP contribution in [0, 0.1) is 22.7 Å². The van der Waals surface area contributed by atoms with E-state index in [1.165, 1.54) is 6.33 Å². The topological polar surface area (TPSA) is 77.4 Å². The van der Waals surface area contributed by atoms with Gasteiger partial charge in [-0.3, -0.25) is 4.57 Å². The van der Waals surface area contributed by atoms with Gasteiger partial charge >= 0.3 is 0 Å². The molecule has 20 heavy (non-hydrogen) atoms. The standard InChI is InChI=1S/C14H12ClN5/c1-2-18-8-10-11(15)4-3-5-13(10)20-9-19-12(6-16)14(20)7-17/h3-5,9,18H,2,8H2,1H3. The Kier molecular flexibility index (Phi) is 4.37. The average molecular weight is 286 g/mol. The number of hydrogen-bond acceptors (Lipinski definition) is 4. The van der Waals surface area contributed by atoms with Gasteiger partial charge in [0.15, 0.2) is 11.4 Å². The molecule has 0 unspecified atom stereocenters. The van der Waals surface area contributed by atoms with Crippen LogP contribution >= 0.6 is 11.6 Å². The zero-order valence-electron chi connectivity index (χ0n) is 10.9. The van der Waals surface area contributed by atoms with E-state index < -0.39 is 0 Å². The van der Waals surface area contributed by atoms with Crippen LogP contribution in [-0.4, -0.2) is 16.1 Å². The van der Waals surface area contributed by atoms with Crippen LogP contribution in [0.15, 0.2) is 24.5 Å². The van der Waals surface area contributed by atoms with Crippen molar-refractivity contribution in [3.05, 3.63) is 46.5 Å². The second-order valence-corrected chi connectivity index (χ2v) is 4.46. The van der Waals surface area contributed by atoms with Gasteiger partial charge in [-0.15, -0.1) is 0 Å². The Balaban J connectivity index is 2.59. The van der Waals surface area contributed by atoms with Gasteiger partial charge in [-0.1, -0.05) is 24.6 Å². The van der Waals surface area contributed by atoms with E-state index in [1.807, 2.05) is 25.1 Å². The molecule has 0 atom stereocenters. The molecule has 5 nitrogen and oxygen atoms in total. The molecule has 0 amide bonds. The highest BCUT2D eigenvalue weighted by Gasteiger charge is 2.15. The maximum Gasteiger partial charge on any atom is 0.177 e. The maximum atomic E-state index is 9.21. The van der Waals surface area contributed by atoms with E-state index >= 15 is 0 Å². The molecular formula is C14H12ClN5. The van der Waals surface area contributed by atoms with Crippen molar-refractivity contribution in [1.29, 1.82) is 10.5 Å². The number of benzene rings is 1. The summed E-state index contributed by atoms with van der Waals surface area (Å²) in [6.45, 7) is 3.39. The van der Waals surface area contributed by atoms with Crippen molar-refractivity contribution in [3.63, 3.8) is 0 Å². The van der Waals surface area contributed by atoms with E-state index in [1.54, 1.807) is 16.7 Å². The molecule has 6 heteroatoms. The molecule has 0 fully saturated rings. The number of halogens is 1. The monoisotopic (exact) mass is 285 g/mol. The molecule has 0 aliphatic rings. The first kappa shape index (κ1) is 14.1. The van der Waals surface area contributed by atoms with E-state index in [2.05, 4.69) is 10.3 Å². The summed E-state index contributed by atoms with van der Waals surface area (Å²) in [5, 5.41) is 22.0. The number of nitrogens with one attached hydrogen (secondary N) is 1. The largest absolute Gasteiger partial charge is 0.313 e. The fourth-order valence-electron chi connectivity index (χ4n) is 1.92. The summed E-state index contributed by atoms with van der Waals surface area (Å²) < 4.78 is 1.59. The van der Waals surface area contributed by atoms with E-state index in [0.717, 1.165) is 17.8 Å². The normalized spacial score (nSPS) is 10.0. The molecule has 0 bridgehead atoms. The van der Waals surface area contributed by atoms with E-state index in [9.17, 15) is 5.26 Å². The van der Waals surface area contributed by atoms with Crippen molar-refractivity contribution in [2.45, 2.75) is 13.5 Å². The molecule has 0 saturated carbocycles. The predicted molar refractivity (Wildman–Crippen MR) is 75.4 cm³/mol. The summed E-state index contributed by atoms with van der Waals surface area (Å²) in [7, 11) is 0. The van der Waals surface area contributed by atoms with Crippen molar-refractivity contribution >= 4 is 11.6 Å². The lowest BCUT2D eigenvalue weighted by molar-refractivity contribution is 0.722. The molecule has 1 aromatic heterocycles. The van der Waals surface area contributed by atoms with Crippen molar-refractivity contribution in [1.82, 2.24) is 14.9 Å². The summed E-state index contributed by atoms with van der Waals surface area (Å²) in [6, 6.07) is 9.37. The molecule has 100 valence electrons. The third kappa shape index (κ3) is 2.50. The molecule has 0 saturated heterocycles. The molecule has 1 aromatic carbocycles. The number of nitrogens with zero attached hydrogens (tertiary/aromatic N) is 4. The summed E-state index contributed by atoms with van der Waals surface area (Å²) in [5.74, 6) is 0. The maximum absolute atomic E-state index is 9.21. The molecule has 2 rings (SSSR count). The predicted octanol–water partition coefficient (Wildman–Crippen LogP) is 2.38. The molecule has 2 aromatic rings. The number of nitriles is 2. The molecular weight excluding hydrogens is 274 g/mol. The lowest BCUT2D eigenvalue weighted by Crippen LogP contribution is -2.14. The second kappa shape index (κ2) is 6.21. The third-order valence-electron chi connectivity index (χ3n) is 2.88. The number of imidazole rings is 1. The van der Waals surface area contributed by atoms with Crippen LogP contribution in [0.3, 0.4) is 0 Å². The van der Waals surface area contributed by atoms with Gasteiger partial charge in [-0.2, -0.15) is 10.5 Å². The number of rotatable bonds is 4. The first-order valence-corrected chi connectivity index (χ1v) is 6.46. The zero-order chi connectivity index (χ0) is 14.5. The Bertz CT molecular complexity index is 705. The average Bonchev–Trinajstić information content (AvgIpc) is 2.88. The Morgan fingerprint density at radius 3 is 2.80 bits per heavy atom. The van der Waals surface area contributed by atoms with E-state index in [4.69, 9.17) is 16.9 Å². The minimum atomic E-state index is 0.113. The molecule has 1 heterocycles. The van der Waals surface area contributed by atoms with Crippen LogP contribution in [0.25, 0.3) is 5.69 Å². The summed E-state index contributed by atoms with van der Waals surface area (Å²) in [6.07, 6.45) is 1.47. The van der Waals surface area contributed by atoms with Gasteiger partial charge in [0.2, 0.25) is 0 Å². The zero-order valence-corrected chi connectivity index (χ0v) is 11.6. The molecule has 0 aliphatic heterocycles. The van der Waals surface area contributed by atoms with Gasteiger partial charge in [0, 0.05) is 17.1 Å². The quantitative estimate of drug-likeness (QED) is 0.935. The SMILES string of the molecule is CCNCc1c(Cl)cccc1-n1cnc(C#N)c1C#N. The van der Waals surface area contributed by atoms with Gasteiger partial charge < -0.3 is 5.32 Å². The molecule has 0 radical (unpaired) electrons. The highest BCUT2D eigenvalue weighted by Crippen LogP contribution is 2.25. The molecule has 0 aliphatic carbocycles. The van der Waals surface area contributed by atoms with Crippen LogP contribution in [0.1, 0.15) is 23.9 Å². The van der Waals surface area contributed by atoms with Crippen molar-refractivity contribution in [2.75, 3.05) is 6.54 Å². The Morgan fingerprint density at radius 1 is 1.35 bits per heavy atom. The lowest BCUT2D eigenvalue weighted by Gasteiger charge is -2.13. The smallest absolute Gasteiger partial charge is 0.177 e. The van der Waals surface area contributed by atoms with Gasteiger partial charge in [0.05, 0.1) is 5.69 Å². The van der Waals surface area contributed by atoms with Crippen LogP contribution in [-0.2, 0) is 6.54 Å². The first-order chi connectivity index (χ1) is 9.72. The minimum absolute atomic E-state index is 0.113. The van der Waals surface area contributed by atoms with Gasteiger partial charge in [0.25, 0.3) is 0 Å². The summed E-state index contributed by atoms with van der Waals surface area (Å²) in [4.78, 5) is 3.95. The van der Waals surface area contributed by atoms with Crippen molar-refractivity contribution in [3.8, 4) is 17.8 Å². The van der Waals surface area contributed by atoms with Gasteiger partial charge in [-0.25, -0.2) is 4.98 Å². The fourth-order valence-corrected chi connectivity index (χ4v) is 2.15. The molecule has 1 N–H and O–H groups in total. The molecule has 0 spiro atoms. The van der Waals surface area contributed by atoms with Crippen LogP contribution in [0.5, 0.6) is 0 Å². The van der Waals surface area contributed by atoms with Gasteiger partial charge in [0.1, 0.15) is 18.5 Å². The second-order valence-electron chi connectivity index (χ2n) is 4.05. The highest BCUT2D eigenvalue weighted by atomic mass is 35.5. The van der Waals surface area contributed by atoms with E-state index in [0.29, 0.717) is 11.6 Å². The van der Waals surface area contributed by atoms with Crippen LogP contribution in [0.4, 0.5) is 0 Å². The van der Waals surface area contributed by atoms with Crippen molar-refractivity contribution in [2.24, 2.45) is 0 Å². The highest BCUT2D eigenvalue weighted by molar-refractivity contribution is 6.31.